The van der Waals surface area contributed by atoms with Gasteiger partial charge in [0, 0.05) is 6.42 Å². The Labute approximate surface area is 267 Å². The molecule has 0 amide bonds. The summed E-state index contributed by atoms with van der Waals surface area (Å²) in [4.78, 5) is 58.0. The normalized spacial score (nSPS) is 23.9. The first-order valence-corrected chi connectivity index (χ1v) is 16.3. The average Bonchev–Trinajstić information content (AvgIpc) is 3.82. The van der Waals surface area contributed by atoms with Gasteiger partial charge in [0.05, 0.1) is 44.7 Å². The van der Waals surface area contributed by atoms with Gasteiger partial charge in [0.1, 0.15) is 12.5 Å². The van der Waals surface area contributed by atoms with Gasteiger partial charge >= 0.3 is 8.60 Å². The van der Waals surface area contributed by atoms with E-state index in [9.17, 15) is 19.6 Å². The SMILES string of the molecule is COOPOOP(O)OOPOCC1CCC(n2cnc3c(=O)[nH]c(N)nc32)O1.C[C@H]1O[C@@H](n2cnc3c(=O)[nH]c(N)nc32)CC1O. The third-order valence-electron chi connectivity index (χ3n) is 6.68. The summed E-state index contributed by atoms with van der Waals surface area (Å²) in [7, 11) is -2.24. The molecule has 6 unspecified atom stereocenters. The summed E-state index contributed by atoms with van der Waals surface area (Å²) in [5, 5.41) is 9.68. The Kier molecular flexibility index (Phi) is 12.5. The number of hydrogen-bond donors (Lipinski definition) is 6. The molecule has 2 saturated heterocycles. The number of nitrogens with two attached hydrogens (primary N) is 2. The number of hydrogen-bond acceptors (Lipinski definition) is 19. The Morgan fingerprint density at radius 1 is 0.957 bits per heavy atom. The van der Waals surface area contributed by atoms with E-state index in [0.29, 0.717) is 30.6 Å². The number of anilines is 2. The number of aliphatic hydroxyl groups excluding tert-OH is 1. The maximum atomic E-state index is 11.8. The second-order valence-corrected chi connectivity index (χ2v) is 11.6. The predicted molar refractivity (Wildman–Crippen MR) is 163 cm³/mol. The lowest BCUT2D eigenvalue weighted by Gasteiger charge is -2.15. The zero-order valence-corrected chi connectivity index (χ0v) is 27.4. The van der Waals surface area contributed by atoms with Crippen LogP contribution in [0.15, 0.2) is 22.2 Å². The molecule has 0 saturated carbocycles. The summed E-state index contributed by atoms with van der Waals surface area (Å²) in [6.07, 6.45) is 3.03. The Balaban J connectivity index is 0.000000205. The zero-order chi connectivity index (χ0) is 33.5. The number of nitrogens with one attached hydrogen (secondary N) is 2. The van der Waals surface area contributed by atoms with E-state index in [2.05, 4.69) is 58.2 Å². The zero-order valence-electron chi connectivity index (χ0n) is 24.5. The summed E-state index contributed by atoms with van der Waals surface area (Å²) in [6.45, 7) is 2.02. The number of nitrogen functional groups attached to an aromatic ring is 2. The van der Waals surface area contributed by atoms with Crippen molar-refractivity contribution in [2.24, 2.45) is 0 Å². The van der Waals surface area contributed by atoms with Crippen LogP contribution in [0.2, 0.25) is 0 Å². The van der Waals surface area contributed by atoms with E-state index in [4.69, 9.17) is 25.5 Å². The van der Waals surface area contributed by atoms with Crippen molar-refractivity contribution in [3.63, 3.8) is 0 Å². The van der Waals surface area contributed by atoms with E-state index < -0.39 is 38.3 Å². The van der Waals surface area contributed by atoms with Crippen molar-refractivity contribution in [1.82, 2.24) is 39.0 Å². The van der Waals surface area contributed by atoms with Crippen LogP contribution in [0.5, 0.6) is 0 Å². The predicted octanol–water partition coefficient (Wildman–Crippen LogP) is 0.477. The molecule has 47 heavy (non-hydrogen) atoms. The van der Waals surface area contributed by atoms with E-state index in [1.165, 1.54) is 19.8 Å². The Bertz CT molecular complexity index is 1730. The highest BCUT2D eigenvalue weighted by Crippen LogP contribution is 2.39. The van der Waals surface area contributed by atoms with E-state index >= 15 is 0 Å². The molecule has 2 aliphatic heterocycles. The van der Waals surface area contributed by atoms with Crippen LogP contribution in [0.3, 0.4) is 0 Å². The molecule has 2 fully saturated rings. The molecule has 0 bridgehead atoms. The fourth-order valence-electron chi connectivity index (χ4n) is 4.60. The van der Waals surface area contributed by atoms with Gasteiger partial charge in [0.15, 0.2) is 31.4 Å². The number of aliphatic hydroxyl groups is 1. The minimum absolute atomic E-state index is 0.00499. The second kappa shape index (κ2) is 16.5. The molecule has 0 spiro atoms. The maximum Gasteiger partial charge on any atom is 0.390 e. The average molecular weight is 724 g/mol. The molecule has 2 aliphatic rings. The quantitative estimate of drug-likeness (QED) is 0.0472. The molecule has 0 radical (unpaired) electrons. The van der Waals surface area contributed by atoms with Crippen molar-refractivity contribution >= 4 is 60.9 Å². The number of nitrogens with zero attached hydrogens (tertiary/aromatic N) is 6. The summed E-state index contributed by atoms with van der Waals surface area (Å²) in [6, 6.07) is 0. The van der Waals surface area contributed by atoms with Crippen molar-refractivity contribution in [3.05, 3.63) is 33.4 Å². The Morgan fingerprint density at radius 3 is 2.13 bits per heavy atom. The molecule has 258 valence electrons. The topological polar surface area (TPSA) is 303 Å². The highest BCUT2D eigenvalue weighted by molar-refractivity contribution is 7.41. The monoisotopic (exact) mass is 724 g/mol. The highest BCUT2D eigenvalue weighted by Gasteiger charge is 2.33. The lowest BCUT2D eigenvalue weighted by atomic mass is 10.2. The Hall–Kier alpha value is -2.85. The number of imidazole rings is 2. The number of aromatic amines is 2. The van der Waals surface area contributed by atoms with Gasteiger partial charge in [0.25, 0.3) is 11.1 Å². The summed E-state index contributed by atoms with van der Waals surface area (Å²) < 4.78 is 42.4. The fourth-order valence-corrected chi connectivity index (χ4v) is 5.77. The molecule has 8 atom stereocenters. The van der Waals surface area contributed by atoms with Crippen LogP contribution in [-0.4, -0.2) is 81.1 Å². The van der Waals surface area contributed by atoms with Crippen LogP contribution in [0, 0.1) is 0 Å². The maximum absolute atomic E-state index is 11.8. The Morgan fingerprint density at radius 2 is 1.55 bits per heavy atom. The van der Waals surface area contributed by atoms with E-state index in [1.54, 1.807) is 16.1 Å². The van der Waals surface area contributed by atoms with Crippen molar-refractivity contribution in [3.8, 4) is 0 Å². The fraction of sp³-hybridized carbons (Fsp3) is 0.524. The van der Waals surface area contributed by atoms with Crippen molar-refractivity contribution in [1.29, 1.82) is 0 Å². The van der Waals surface area contributed by atoms with Crippen LogP contribution in [-0.2, 0) is 42.3 Å². The van der Waals surface area contributed by atoms with Gasteiger partial charge in [-0.05, 0) is 19.8 Å². The number of aromatic nitrogens is 8. The van der Waals surface area contributed by atoms with Crippen LogP contribution < -0.4 is 22.6 Å². The summed E-state index contributed by atoms with van der Waals surface area (Å²) in [5.41, 5.74) is 11.4. The van der Waals surface area contributed by atoms with Gasteiger partial charge in [0.2, 0.25) is 20.9 Å². The molecule has 0 aliphatic carbocycles. The van der Waals surface area contributed by atoms with Crippen LogP contribution in [0.4, 0.5) is 11.9 Å². The third-order valence-corrected chi connectivity index (χ3v) is 8.19. The third kappa shape index (κ3) is 8.99. The van der Waals surface area contributed by atoms with Gasteiger partial charge in [-0.15, -0.1) is 9.35 Å². The molecule has 23 nitrogen and oxygen atoms in total. The molecule has 8 N–H and O–H groups in total. The van der Waals surface area contributed by atoms with Gasteiger partial charge in [-0.25, -0.2) is 14.9 Å². The lowest BCUT2D eigenvalue weighted by molar-refractivity contribution is -0.209. The van der Waals surface area contributed by atoms with Crippen LogP contribution in [0.25, 0.3) is 22.3 Å². The largest absolute Gasteiger partial charge is 0.390 e. The molecule has 4 aromatic heterocycles. The summed E-state index contributed by atoms with van der Waals surface area (Å²) in [5.74, 6) is 0.0336. The van der Waals surface area contributed by atoms with E-state index in [-0.39, 0.29) is 59.8 Å². The molecular weight excluding hydrogens is 693 g/mol. The van der Waals surface area contributed by atoms with E-state index in [0.717, 1.165) is 0 Å². The molecule has 4 aromatic rings. The van der Waals surface area contributed by atoms with Gasteiger partial charge in [-0.1, -0.05) is 0 Å². The van der Waals surface area contributed by atoms with Crippen molar-refractivity contribution in [2.45, 2.75) is 57.0 Å². The molecule has 6 rings (SSSR count). The van der Waals surface area contributed by atoms with E-state index in [1.807, 2.05) is 0 Å². The number of fused-ring (bicyclic) bond motifs is 2. The molecule has 6 heterocycles. The first-order chi connectivity index (χ1) is 22.6. The lowest BCUT2D eigenvalue weighted by Crippen LogP contribution is -2.16. The first-order valence-electron chi connectivity index (χ1n) is 13.6. The highest BCUT2D eigenvalue weighted by atomic mass is 31.2. The minimum Gasteiger partial charge on any atom is -0.390 e. The van der Waals surface area contributed by atoms with Gasteiger partial charge in [-0.2, -0.15) is 24.0 Å². The standard InChI is InChI=1S/C11H18N5O10P3.C10H13N5O3/c1-19-22-28-24-26-29(18)25-23-27-20-4-6-2-3-7(21-6)16-5-13-8-9(16)14-11(12)15-10(8)17;1-4-5(16)2-6(18-4)15-3-12-7-8(15)13-10(11)14-9(7)17/h5-7,18,27-28H,2-4H2,1H3,(H3,12,14,15,17);3-6,16H,2H2,1H3,(H3,11,13,14,17)/t;4-,5?,6-/m.1/s1. The number of rotatable bonds is 13. The minimum atomic E-state index is -2.41. The summed E-state index contributed by atoms with van der Waals surface area (Å²) >= 11 is 0. The van der Waals surface area contributed by atoms with Gasteiger partial charge in [-0.3, -0.25) is 28.7 Å². The van der Waals surface area contributed by atoms with Gasteiger partial charge < -0.3 is 35.5 Å². The molecular formula is C21H31N10O13P3. The number of ether oxygens (including phenoxy) is 2. The molecule has 26 heteroatoms. The second-order valence-electron chi connectivity index (χ2n) is 9.72. The first kappa shape index (κ1) is 35.5. The molecule has 0 aromatic carbocycles. The van der Waals surface area contributed by atoms with Crippen molar-refractivity contribution in [2.75, 3.05) is 25.2 Å². The van der Waals surface area contributed by atoms with Crippen LogP contribution >= 0.6 is 26.7 Å². The van der Waals surface area contributed by atoms with Crippen molar-refractivity contribution < 1.29 is 52.3 Å². The smallest absolute Gasteiger partial charge is 0.390 e. The van der Waals surface area contributed by atoms with Crippen LogP contribution in [0.1, 0.15) is 38.6 Å². The number of H-pyrrole nitrogens is 2.